The van der Waals surface area contributed by atoms with Crippen LogP contribution in [0.2, 0.25) is 0 Å². The molecular weight excluding hydrogens is 150 g/mol. The predicted molar refractivity (Wildman–Crippen MR) is 51.9 cm³/mol. The number of carbonyl (C=O) groups is 1. The van der Waals surface area contributed by atoms with Gasteiger partial charge in [-0.1, -0.05) is 18.9 Å². The van der Waals surface area contributed by atoms with Crippen LogP contribution in [-0.2, 0) is 4.79 Å². The van der Waals surface area contributed by atoms with Gasteiger partial charge in [0.05, 0.1) is 0 Å². The minimum Gasteiger partial charge on any atom is -0.350 e. The molecule has 1 amide bonds. The van der Waals surface area contributed by atoms with E-state index in [4.69, 9.17) is 0 Å². The highest BCUT2D eigenvalue weighted by Crippen LogP contribution is 2.01. The van der Waals surface area contributed by atoms with E-state index in [1.54, 1.807) is 6.08 Å². The van der Waals surface area contributed by atoms with Crippen LogP contribution in [0, 0.1) is 0 Å². The van der Waals surface area contributed by atoms with E-state index in [0.717, 1.165) is 18.4 Å². The Bertz CT molecular complexity index is 171. The number of amides is 1. The molecule has 0 aromatic heterocycles. The molecule has 0 aliphatic rings. The molecule has 2 nitrogen and oxygen atoms in total. The zero-order valence-electron chi connectivity index (χ0n) is 8.48. The van der Waals surface area contributed by atoms with Gasteiger partial charge in [0.15, 0.2) is 0 Å². The molecule has 0 saturated carbocycles. The van der Waals surface area contributed by atoms with Gasteiger partial charge < -0.3 is 5.32 Å². The Labute approximate surface area is 75.0 Å². The van der Waals surface area contributed by atoms with Crippen LogP contribution in [0.15, 0.2) is 11.6 Å². The largest absolute Gasteiger partial charge is 0.350 e. The average molecular weight is 169 g/mol. The summed E-state index contributed by atoms with van der Waals surface area (Å²) in [4.78, 5) is 11.2. The standard InChI is InChI=1S/C10H19NO/c1-5-6-9(4)7-10(12)11-8(2)3/h7-8H,5-6H2,1-4H3,(H,11,12). The zero-order valence-corrected chi connectivity index (χ0v) is 8.48. The summed E-state index contributed by atoms with van der Waals surface area (Å²) < 4.78 is 0. The molecule has 0 spiro atoms. The fourth-order valence-electron chi connectivity index (χ4n) is 1.02. The van der Waals surface area contributed by atoms with Crippen LogP contribution in [-0.4, -0.2) is 11.9 Å². The summed E-state index contributed by atoms with van der Waals surface area (Å²) in [6, 6.07) is 0.225. The number of hydrogen-bond acceptors (Lipinski definition) is 1. The molecule has 0 aromatic carbocycles. The summed E-state index contributed by atoms with van der Waals surface area (Å²) in [6.45, 7) is 8.02. The Morgan fingerprint density at radius 3 is 2.50 bits per heavy atom. The van der Waals surface area contributed by atoms with E-state index in [0.29, 0.717) is 0 Å². The number of rotatable bonds is 4. The van der Waals surface area contributed by atoms with Gasteiger partial charge in [-0.15, -0.1) is 0 Å². The van der Waals surface area contributed by atoms with E-state index in [1.165, 1.54) is 0 Å². The van der Waals surface area contributed by atoms with Crippen molar-refractivity contribution in [3.05, 3.63) is 11.6 Å². The van der Waals surface area contributed by atoms with Crippen molar-refractivity contribution in [3.8, 4) is 0 Å². The SMILES string of the molecule is CCCC(C)=CC(=O)NC(C)C. The average Bonchev–Trinajstić information content (AvgIpc) is 1.84. The van der Waals surface area contributed by atoms with Gasteiger partial charge in [0.25, 0.3) is 0 Å². The van der Waals surface area contributed by atoms with E-state index < -0.39 is 0 Å². The molecule has 0 radical (unpaired) electrons. The first-order valence-corrected chi connectivity index (χ1v) is 4.54. The molecule has 0 bridgehead atoms. The molecule has 0 aliphatic carbocycles. The molecule has 0 aromatic rings. The summed E-state index contributed by atoms with van der Waals surface area (Å²) in [5, 5.41) is 2.82. The first-order valence-electron chi connectivity index (χ1n) is 4.54. The second-order valence-electron chi connectivity index (χ2n) is 3.40. The fraction of sp³-hybridized carbons (Fsp3) is 0.700. The first-order chi connectivity index (χ1) is 5.56. The van der Waals surface area contributed by atoms with Crippen molar-refractivity contribution in [2.45, 2.75) is 46.6 Å². The third kappa shape index (κ3) is 5.96. The molecule has 0 fully saturated rings. The summed E-state index contributed by atoms with van der Waals surface area (Å²) in [6.07, 6.45) is 3.78. The molecular formula is C10H19NO. The maximum absolute atomic E-state index is 11.2. The minimum atomic E-state index is 0.0240. The second kappa shape index (κ2) is 5.81. The molecule has 12 heavy (non-hydrogen) atoms. The van der Waals surface area contributed by atoms with E-state index in [1.807, 2.05) is 20.8 Å². The van der Waals surface area contributed by atoms with Crippen LogP contribution in [0.25, 0.3) is 0 Å². The van der Waals surface area contributed by atoms with Gasteiger partial charge in [0.2, 0.25) is 5.91 Å². The highest BCUT2D eigenvalue weighted by atomic mass is 16.1. The summed E-state index contributed by atoms with van der Waals surface area (Å²) in [5.41, 5.74) is 1.15. The topological polar surface area (TPSA) is 29.1 Å². The molecule has 1 N–H and O–H groups in total. The van der Waals surface area contributed by atoms with Gasteiger partial charge in [-0.2, -0.15) is 0 Å². The van der Waals surface area contributed by atoms with Crippen LogP contribution in [0.4, 0.5) is 0 Å². The van der Waals surface area contributed by atoms with Crippen molar-refractivity contribution in [2.75, 3.05) is 0 Å². The van der Waals surface area contributed by atoms with Gasteiger partial charge >= 0.3 is 0 Å². The molecule has 2 heteroatoms. The maximum Gasteiger partial charge on any atom is 0.244 e. The summed E-state index contributed by atoms with van der Waals surface area (Å²) in [7, 11) is 0. The number of nitrogens with one attached hydrogen (secondary N) is 1. The lowest BCUT2D eigenvalue weighted by Gasteiger charge is -2.05. The van der Waals surface area contributed by atoms with Crippen molar-refractivity contribution in [1.29, 1.82) is 0 Å². The zero-order chi connectivity index (χ0) is 9.56. The van der Waals surface area contributed by atoms with Crippen molar-refractivity contribution < 1.29 is 4.79 Å². The van der Waals surface area contributed by atoms with Crippen LogP contribution in [0.3, 0.4) is 0 Å². The molecule has 70 valence electrons. The van der Waals surface area contributed by atoms with Crippen LogP contribution in [0.5, 0.6) is 0 Å². The Kier molecular flexibility index (Phi) is 5.43. The molecule has 0 aliphatic heterocycles. The lowest BCUT2D eigenvalue weighted by atomic mass is 10.1. The summed E-state index contributed by atoms with van der Waals surface area (Å²) >= 11 is 0. The van der Waals surface area contributed by atoms with E-state index in [9.17, 15) is 4.79 Å². The Balaban J connectivity index is 3.88. The monoisotopic (exact) mass is 169 g/mol. The second-order valence-corrected chi connectivity index (χ2v) is 3.40. The predicted octanol–water partition coefficient (Wildman–Crippen LogP) is 2.26. The lowest BCUT2D eigenvalue weighted by Crippen LogP contribution is -2.28. The van der Waals surface area contributed by atoms with E-state index in [-0.39, 0.29) is 11.9 Å². The molecule has 0 saturated heterocycles. The first kappa shape index (κ1) is 11.2. The van der Waals surface area contributed by atoms with Crippen molar-refractivity contribution >= 4 is 5.91 Å². The third-order valence-electron chi connectivity index (χ3n) is 1.45. The van der Waals surface area contributed by atoms with Gasteiger partial charge in [-0.05, 0) is 27.2 Å². The third-order valence-corrected chi connectivity index (χ3v) is 1.45. The minimum absolute atomic E-state index is 0.0240. The fourth-order valence-corrected chi connectivity index (χ4v) is 1.02. The van der Waals surface area contributed by atoms with Gasteiger partial charge in [0.1, 0.15) is 0 Å². The Hall–Kier alpha value is -0.790. The smallest absolute Gasteiger partial charge is 0.244 e. The van der Waals surface area contributed by atoms with Crippen LogP contribution in [0.1, 0.15) is 40.5 Å². The van der Waals surface area contributed by atoms with Gasteiger partial charge in [-0.3, -0.25) is 4.79 Å². The number of hydrogen-bond donors (Lipinski definition) is 1. The highest BCUT2D eigenvalue weighted by Gasteiger charge is 1.98. The van der Waals surface area contributed by atoms with Crippen LogP contribution >= 0.6 is 0 Å². The van der Waals surface area contributed by atoms with E-state index >= 15 is 0 Å². The number of allylic oxidation sites excluding steroid dienone is 1. The van der Waals surface area contributed by atoms with Crippen LogP contribution < -0.4 is 5.32 Å². The summed E-state index contributed by atoms with van der Waals surface area (Å²) in [5.74, 6) is 0.0240. The van der Waals surface area contributed by atoms with Crippen molar-refractivity contribution in [1.82, 2.24) is 5.32 Å². The van der Waals surface area contributed by atoms with Crippen molar-refractivity contribution in [3.63, 3.8) is 0 Å². The van der Waals surface area contributed by atoms with E-state index in [2.05, 4.69) is 12.2 Å². The Morgan fingerprint density at radius 2 is 2.08 bits per heavy atom. The number of carbonyl (C=O) groups excluding carboxylic acids is 1. The van der Waals surface area contributed by atoms with Gasteiger partial charge in [0, 0.05) is 12.1 Å². The quantitative estimate of drug-likeness (QED) is 0.642. The normalized spacial score (nSPS) is 11.9. The highest BCUT2D eigenvalue weighted by molar-refractivity contribution is 5.88. The molecule has 0 atom stereocenters. The Morgan fingerprint density at radius 1 is 1.50 bits per heavy atom. The molecule has 0 unspecified atom stereocenters. The van der Waals surface area contributed by atoms with Crippen molar-refractivity contribution in [2.24, 2.45) is 0 Å². The van der Waals surface area contributed by atoms with Gasteiger partial charge in [-0.25, -0.2) is 0 Å². The molecule has 0 rings (SSSR count). The maximum atomic E-state index is 11.2. The lowest BCUT2D eigenvalue weighted by molar-refractivity contribution is -0.117. The molecule has 0 heterocycles.